The van der Waals surface area contributed by atoms with Gasteiger partial charge in [0, 0.05) is 13.2 Å². The zero-order valence-corrected chi connectivity index (χ0v) is 11.3. The summed E-state index contributed by atoms with van der Waals surface area (Å²) in [6.07, 6.45) is 10.8. The van der Waals surface area contributed by atoms with Crippen LogP contribution in [0.25, 0.3) is 0 Å². The first-order chi connectivity index (χ1) is 7.85. The van der Waals surface area contributed by atoms with Crippen LogP contribution in [0, 0.1) is 5.92 Å². The van der Waals surface area contributed by atoms with Crippen molar-refractivity contribution in [2.24, 2.45) is 11.7 Å². The summed E-state index contributed by atoms with van der Waals surface area (Å²) in [5.41, 5.74) is 5.34. The second-order valence-corrected chi connectivity index (χ2v) is 4.67. The summed E-state index contributed by atoms with van der Waals surface area (Å²) >= 11 is 0. The van der Waals surface area contributed by atoms with E-state index < -0.39 is 0 Å². The van der Waals surface area contributed by atoms with Crippen LogP contribution >= 0.6 is 0 Å². The molecule has 2 heteroatoms. The molecule has 0 radical (unpaired) electrons. The number of unbranched alkanes of at least 4 members (excludes halogenated alkanes) is 3. The molecular weight excluding hydrogens is 198 g/mol. The second-order valence-electron chi connectivity index (χ2n) is 4.67. The van der Waals surface area contributed by atoms with E-state index in [4.69, 9.17) is 10.5 Å². The molecule has 0 saturated heterocycles. The average Bonchev–Trinajstić information content (AvgIpc) is 2.31. The summed E-state index contributed by atoms with van der Waals surface area (Å²) in [4.78, 5) is 0. The summed E-state index contributed by atoms with van der Waals surface area (Å²) in [6, 6.07) is 0. The Morgan fingerprint density at radius 3 is 2.31 bits per heavy atom. The van der Waals surface area contributed by atoms with Crippen LogP contribution in [-0.4, -0.2) is 19.8 Å². The van der Waals surface area contributed by atoms with Crippen LogP contribution in [0.5, 0.6) is 0 Å². The van der Waals surface area contributed by atoms with Crippen molar-refractivity contribution in [3.63, 3.8) is 0 Å². The number of hydrogen-bond donors (Lipinski definition) is 1. The molecule has 0 aromatic heterocycles. The number of hydrogen-bond acceptors (Lipinski definition) is 2. The van der Waals surface area contributed by atoms with Gasteiger partial charge in [-0.3, -0.25) is 0 Å². The van der Waals surface area contributed by atoms with Crippen molar-refractivity contribution < 1.29 is 4.74 Å². The van der Waals surface area contributed by atoms with E-state index in [-0.39, 0.29) is 0 Å². The van der Waals surface area contributed by atoms with Crippen molar-refractivity contribution in [1.29, 1.82) is 0 Å². The van der Waals surface area contributed by atoms with Gasteiger partial charge in [-0.1, -0.05) is 58.8 Å². The van der Waals surface area contributed by atoms with Crippen molar-refractivity contribution in [3.8, 4) is 0 Å². The molecule has 0 aliphatic heterocycles. The Morgan fingerprint density at radius 1 is 0.938 bits per heavy atom. The lowest BCUT2D eigenvalue weighted by Crippen LogP contribution is -2.08. The minimum atomic E-state index is 0.648. The van der Waals surface area contributed by atoms with E-state index in [0.29, 0.717) is 13.2 Å². The van der Waals surface area contributed by atoms with E-state index >= 15 is 0 Å². The molecule has 16 heavy (non-hydrogen) atoms. The number of ether oxygens (including phenoxy) is 1. The Hall–Kier alpha value is -0.0800. The predicted molar refractivity (Wildman–Crippen MR) is 71.6 cm³/mol. The van der Waals surface area contributed by atoms with Crippen molar-refractivity contribution in [1.82, 2.24) is 0 Å². The maximum absolute atomic E-state index is 5.35. The summed E-state index contributed by atoms with van der Waals surface area (Å²) in [6.45, 7) is 6.87. The lowest BCUT2D eigenvalue weighted by atomic mass is 9.94. The first-order valence-electron chi connectivity index (χ1n) is 7.12. The zero-order chi connectivity index (χ0) is 12.1. The quantitative estimate of drug-likeness (QED) is 0.517. The largest absolute Gasteiger partial charge is 0.380 e. The topological polar surface area (TPSA) is 35.2 Å². The Morgan fingerprint density at radius 2 is 1.69 bits per heavy atom. The van der Waals surface area contributed by atoms with Gasteiger partial charge in [-0.05, 0) is 12.3 Å². The third-order valence-electron chi connectivity index (χ3n) is 3.19. The van der Waals surface area contributed by atoms with Gasteiger partial charge in [0.2, 0.25) is 0 Å². The Kier molecular flexibility index (Phi) is 12.9. The van der Waals surface area contributed by atoms with Gasteiger partial charge in [-0.2, -0.15) is 0 Å². The van der Waals surface area contributed by atoms with E-state index in [1.807, 2.05) is 0 Å². The molecule has 2 N–H and O–H groups in total. The third kappa shape index (κ3) is 10.4. The lowest BCUT2D eigenvalue weighted by molar-refractivity contribution is 0.137. The van der Waals surface area contributed by atoms with Crippen molar-refractivity contribution in [2.75, 3.05) is 19.8 Å². The molecular formula is C14H31NO. The van der Waals surface area contributed by atoms with Crippen LogP contribution in [0.1, 0.15) is 65.2 Å². The minimum absolute atomic E-state index is 0.648. The van der Waals surface area contributed by atoms with Crippen LogP contribution in [-0.2, 0) is 4.74 Å². The van der Waals surface area contributed by atoms with Crippen LogP contribution in [0.4, 0.5) is 0 Å². The molecule has 2 nitrogen and oxygen atoms in total. The van der Waals surface area contributed by atoms with Crippen molar-refractivity contribution in [3.05, 3.63) is 0 Å². The van der Waals surface area contributed by atoms with E-state index in [2.05, 4.69) is 13.8 Å². The monoisotopic (exact) mass is 229 g/mol. The number of nitrogens with two attached hydrogens (primary N) is 1. The standard InChI is InChI=1S/C14H31NO/c1-3-9-14(4-2)10-7-5-6-8-12-16-13-11-15/h14H,3-13,15H2,1-2H3. The fourth-order valence-corrected chi connectivity index (χ4v) is 2.14. The smallest absolute Gasteiger partial charge is 0.0588 e. The van der Waals surface area contributed by atoms with Gasteiger partial charge in [0.1, 0.15) is 0 Å². The molecule has 0 fully saturated rings. The highest BCUT2D eigenvalue weighted by Gasteiger charge is 2.03. The molecule has 0 aliphatic carbocycles. The van der Waals surface area contributed by atoms with E-state index in [1.54, 1.807) is 0 Å². The van der Waals surface area contributed by atoms with Crippen molar-refractivity contribution >= 4 is 0 Å². The summed E-state index contributed by atoms with van der Waals surface area (Å²) < 4.78 is 5.35. The molecule has 0 rings (SSSR count). The summed E-state index contributed by atoms with van der Waals surface area (Å²) in [5, 5.41) is 0. The highest BCUT2D eigenvalue weighted by atomic mass is 16.5. The highest BCUT2D eigenvalue weighted by molar-refractivity contribution is 4.57. The molecule has 0 amide bonds. The maximum atomic E-state index is 5.35. The number of rotatable bonds is 12. The van der Waals surface area contributed by atoms with Crippen LogP contribution in [0.2, 0.25) is 0 Å². The molecule has 1 unspecified atom stereocenters. The molecule has 0 saturated carbocycles. The molecule has 0 heterocycles. The van der Waals surface area contributed by atoms with Crippen LogP contribution in [0.3, 0.4) is 0 Å². The predicted octanol–water partition coefficient (Wildman–Crippen LogP) is 3.74. The molecule has 0 aromatic carbocycles. The highest BCUT2D eigenvalue weighted by Crippen LogP contribution is 2.18. The van der Waals surface area contributed by atoms with Gasteiger partial charge in [0.25, 0.3) is 0 Å². The zero-order valence-electron chi connectivity index (χ0n) is 11.3. The fraction of sp³-hybridized carbons (Fsp3) is 1.00. The van der Waals surface area contributed by atoms with E-state index in [1.165, 1.54) is 51.4 Å². The van der Waals surface area contributed by atoms with E-state index in [0.717, 1.165) is 12.5 Å². The van der Waals surface area contributed by atoms with Crippen LogP contribution < -0.4 is 5.73 Å². The first kappa shape index (κ1) is 15.9. The van der Waals surface area contributed by atoms with Gasteiger partial charge in [0.15, 0.2) is 0 Å². The molecule has 98 valence electrons. The summed E-state index contributed by atoms with van der Waals surface area (Å²) in [5.74, 6) is 0.971. The minimum Gasteiger partial charge on any atom is -0.380 e. The average molecular weight is 229 g/mol. The summed E-state index contributed by atoms with van der Waals surface area (Å²) in [7, 11) is 0. The van der Waals surface area contributed by atoms with Gasteiger partial charge in [0.05, 0.1) is 6.61 Å². The molecule has 0 spiro atoms. The van der Waals surface area contributed by atoms with Gasteiger partial charge >= 0.3 is 0 Å². The van der Waals surface area contributed by atoms with E-state index in [9.17, 15) is 0 Å². The Bertz CT molecular complexity index is 128. The van der Waals surface area contributed by atoms with Gasteiger partial charge < -0.3 is 10.5 Å². The first-order valence-corrected chi connectivity index (χ1v) is 7.12. The van der Waals surface area contributed by atoms with Crippen LogP contribution in [0.15, 0.2) is 0 Å². The molecule has 0 aromatic rings. The third-order valence-corrected chi connectivity index (χ3v) is 3.19. The maximum Gasteiger partial charge on any atom is 0.0588 e. The molecule has 0 aliphatic rings. The molecule has 0 bridgehead atoms. The normalized spacial score (nSPS) is 12.9. The van der Waals surface area contributed by atoms with Gasteiger partial charge in [-0.25, -0.2) is 0 Å². The van der Waals surface area contributed by atoms with Crippen molar-refractivity contribution in [2.45, 2.75) is 65.2 Å². The Labute approximate surface area is 102 Å². The fourth-order valence-electron chi connectivity index (χ4n) is 2.14. The van der Waals surface area contributed by atoms with Gasteiger partial charge in [-0.15, -0.1) is 0 Å². The Balaban J connectivity index is 3.12. The lowest BCUT2D eigenvalue weighted by Gasteiger charge is -2.13. The second kappa shape index (κ2) is 13.0. The molecule has 1 atom stereocenters. The SMILES string of the molecule is CCCC(CC)CCCCCCOCCN.